The maximum absolute atomic E-state index is 2.21. The van der Waals surface area contributed by atoms with E-state index in [9.17, 15) is 0 Å². The third-order valence-corrected chi connectivity index (χ3v) is 6.40. The Balaban J connectivity index is 0.000000189. The highest BCUT2D eigenvalue weighted by Crippen LogP contribution is 2.20. The first-order valence-electron chi connectivity index (χ1n) is 14.1. The van der Waals surface area contributed by atoms with E-state index in [4.69, 9.17) is 0 Å². The lowest BCUT2D eigenvalue weighted by atomic mass is 10.0. The van der Waals surface area contributed by atoms with Gasteiger partial charge in [-0.05, 0) is 69.7 Å². The zero-order valence-electron chi connectivity index (χ0n) is 25.0. The highest BCUT2D eigenvalue weighted by atomic mass is 14.0. The molecule has 0 spiro atoms. The van der Waals surface area contributed by atoms with E-state index in [1.807, 2.05) is 18.2 Å². The van der Waals surface area contributed by atoms with Gasteiger partial charge < -0.3 is 0 Å². The molecule has 0 aliphatic carbocycles. The van der Waals surface area contributed by atoms with E-state index < -0.39 is 0 Å². The first-order valence-corrected chi connectivity index (χ1v) is 14.1. The van der Waals surface area contributed by atoms with Gasteiger partial charge >= 0.3 is 0 Å². The van der Waals surface area contributed by atoms with Gasteiger partial charge in [-0.2, -0.15) is 0 Å². The normalized spacial score (nSPS) is 9.62. The van der Waals surface area contributed by atoms with Crippen LogP contribution in [0.15, 0.2) is 127 Å². The lowest BCUT2D eigenvalue weighted by Gasteiger charge is -2.02. The number of rotatable bonds is 3. The first-order chi connectivity index (χ1) is 18.8. The van der Waals surface area contributed by atoms with Gasteiger partial charge in [-0.15, -0.1) is 0 Å². The van der Waals surface area contributed by atoms with Gasteiger partial charge in [0.25, 0.3) is 0 Å². The van der Waals surface area contributed by atoms with Crippen molar-refractivity contribution in [3.63, 3.8) is 0 Å². The molecule has 0 heterocycles. The summed E-state index contributed by atoms with van der Waals surface area (Å²) in [5, 5.41) is 0. The topological polar surface area (TPSA) is 0 Å². The summed E-state index contributed by atoms with van der Waals surface area (Å²) < 4.78 is 0. The summed E-state index contributed by atoms with van der Waals surface area (Å²) in [5.41, 5.74) is 12.0. The van der Waals surface area contributed by atoms with Crippen LogP contribution < -0.4 is 0 Å². The molecule has 0 heteroatoms. The summed E-state index contributed by atoms with van der Waals surface area (Å²) in [4.78, 5) is 0. The van der Waals surface area contributed by atoms with Crippen molar-refractivity contribution in [1.82, 2.24) is 0 Å². The van der Waals surface area contributed by atoms with E-state index in [2.05, 4.69) is 158 Å². The minimum atomic E-state index is 1.14. The quantitative estimate of drug-likeness (QED) is 0.224. The predicted octanol–water partition coefficient (Wildman–Crippen LogP) is 11.1. The van der Waals surface area contributed by atoms with E-state index in [0.717, 1.165) is 12.8 Å². The Labute approximate surface area is 238 Å². The fourth-order valence-electron chi connectivity index (χ4n) is 3.75. The zero-order chi connectivity index (χ0) is 28.5. The fraction of sp³-hybridized carbons (Fsp3) is 0.231. The Hall–Kier alpha value is -3.90. The lowest BCUT2D eigenvalue weighted by molar-refractivity contribution is 1.14. The Morgan fingerprint density at radius 3 is 1.08 bits per heavy atom. The molecule has 39 heavy (non-hydrogen) atoms. The second-order valence-corrected chi connectivity index (χ2v) is 10.1. The number of hydrogen-bond donors (Lipinski definition) is 0. The molecule has 0 saturated carbocycles. The van der Waals surface area contributed by atoms with Gasteiger partial charge in [0.05, 0.1) is 0 Å². The van der Waals surface area contributed by atoms with Crippen molar-refractivity contribution in [3.05, 3.63) is 166 Å². The molecule has 5 aromatic carbocycles. The Bertz CT molecular complexity index is 1260. The molecule has 0 amide bonds. The second-order valence-electron chi connectivity index (χ2n) is 10.1. The molecule has 5 rings (SSSR count). The number of benzene rings is 5. The van der Waals surface area contributed by atoms with Crippen molar-refractivity contribution in [1.29, 1.82) is 0 Å². The van der Waals surface area contributed by atoms with Crippen LogP contribution in [-0.2, 0) is 12.8 Å². The van der Waals surface area contributed by atoms with Gasteiger partial charge in [-0.25, -0.2) is 0 Å². The van der Waals surface area contributed by atoms with Crippen molar-refractivity contribution in [2.45, 2.75) is 61.3 Å². The van der Waals surface area contributed by atoms with Crippen LogP contribution in [0.25, 0.3) is 11.1 Å². The van der Waals surface area contributed by atoms with E-state index in [1.165, 1.54) is 50.1 Å². The number of hydrogen-bond acceptors (Lipinski definition) is 0. The van der Waals surface area contributed by atoms with Gasteiger partial charge in [-0.1, -0.05) is 169 Å². The van der Waals surface area contributed by atoms with E-state index >= 15 is 0 Å². The summed E-state index contributed by atoms with van der Waals surface area (Å²) in [6, 6.07) is 44.8. The molecule has 0 N–H and O–H groups in total. The first kappa shape index (κ1) is 31.3. The van der Waals surface area contributed by atoms with Gasteiger partial charge in [0, 0.05) is 0 Å². The Morgan fingerprint density at radius 1 is 0.333 bits per heavy atom. The second kappa shape index (κ2) is 17.6. The molecule has 0 aromatic heterocycles. The Kier molecular flexibility index (Phi) is 14.1. The monoisotopic (exact) mass is 514 g/mol. The van der Waals surface area contributed by atoms with Crippen LogP contribution in [0.4, 0.5) is 0 Å². The smallest absolute Gasteiger partial charge is 0.0181 e. The highest BCUT2D eigenvalue weighted by Gasteiger charge is 1.96. The van der Waals surface area contributed by atoms with Crippen molar-refractivity contribution >= 4 is 0 Å². The standard InChI is InChI=1S/C14H14.2C9H12.C7H8/c1-11-6-8-13(9-7-11)14-5-3-4-12(2)10-14;2*1-3-9-6-4-8(2)5-7-9;1-7-5-3-2-4-6-7/h3-10H,1-2H3;2*4-7H,3H2,1-2H3;2-6H,1H3. The maximum atomic E-state index is 2.21. The molecule has 0 nitrogen and oxygen atoms in total. The van der Waals surface area contributed by atoms with Gasteiger partial charge in [0.1, 0.15) is 0 Å². The Morgan fingerprint density at radius 2 is 0.718 bits per heavy atom. The largest absolute Gasteiger partial charge is 0.0622 e. The average Bonchev–Trinajstić information content (AvgIpc) is 2.96. The van der Waals surface area contributed by atoms with Crippen LogP contribution in [0, 0.1) is 34.6 Å². The van der Waals surface area contributed by atoms with Crippen LogP contribution in [0.5, 0.6) is 0 Å². The molecular weight excluding hydrogens is 468 g/mol. The third-order valence-electron chi connectivity index (χ3n) is 6.40. The maximum Gasteiger partial charge on any atom is -0.0181 e. The zero-order valence-corrected chi connectivity index (χ0v) is 25.0. The van der Waals surface area contributed by atoms with E-state index in [-0.39, 0.29) is 0 Å². The van der Waals surface area contributed by atoms with Crippen LogP contribution in [0.1, 0.15) is 52.8 Å². The van der Waals surface area contributed by atoms with Gasteiger partial charge in [0.15, 0.2) is 0 Å². The van der Waals surface area contributed by atoms with Gasteiger partial charge in [0.2, 0.25) is 0 Å². The van der Waals surface area contributed by atoms with Crippen molar-refractivity contribution in [2.75, 3.05) is 0 Å². The van der Waals surface area contributed by atoms with E-state index in [0.29, 0.717) is 0 Å². The predicted molar refractivity (Wildman–Crippen MR) is 174 cm³/mol. The molecule has 0 radical (unpaired) electrons. The molecule has 0 fully saturated rings. The molecule has 0 atom stereocenters. The van der Waals surface area contributed by atoms with Crippen molar-refractivity contribution in [2.24, 2.45) is 0 Å². The average molecular weight is 515 g/mol. The third kappa shape index (κ3) is 12.9. The van der Waals surface area contributed by atoms with Crippen LogP contribution >= 0.6 is 0 Å². The SMILES string of the molecule is CCc1ccc(C)cc1.CCc1ccc(C)cc1.Cc1ccc(-c2cccc(C)c2)cc1.Cc1ccccc1. The van der Waals surface area contributed by atoms with Crippen molar-refractivity contribution < 1.29 is 0 Å². The fourth-order valence-corrected chi connectivity index (χ4v) is 3.75. The molecule has 202 valence electrons. The minimum absolute atomic E-state index is 1.14. The van der Waals surface area contributed by atoms with E-state index in [1.54, 1.807) is 0 Å². The molecule has 5 aromatic rings. The summed E-state index contributed by atoms with van der Waals surface area (Å²) >= 11 is 0. The summed E-state index contributed by atoms with van der Waals surface area (Å²) in [6.45, 7) is 14.9. The van der Waals surface area contributed by atoms with Crippen molar-refractivity contribution in [3.8, 4) is 11.1 Å². The van der Waals surface area contributed by atoms with Crippen LogP contribution in [0.3, 0.4) is 0 Å². The summed E-state index contributed by atoms with van der Waals surface area (Å²) in [5.74, 6) is 0. The molecule has 0 bridgehead atoms. The van der Waals surface area contributed by atoms with Crippen LogP contribution in [-0.4, -0.2) is 0 Å². The van der Waals surface area contributed by atoms with Gasteiger partial charge in [-0.3, -0.25) is 0 Å². The number of aryl methyl sites for hydroxylation is 7. The molecule has 0 aliphatic rings. The summed E-state index contributed by atoms with van der Waals surface area (Å²) in [7, 11) is 0. The molecular formula is C39H46. The highest BCUT2D eigenvalue weighted by molar-refractivity contribution is 5.64. The molecule has 0 unspecified atom stereocenters. The lowest BCUT2D eigenvalue weighted by Crippen LogP contribution is -1.79. The minimum Gasteiger partial charge on any atom is -0.0622 e. The van der Waals surface area contributed by atoms with Crippen LogP contribution in [0.2, 0.25) is 0 Å². The summed E-state index contributed by atoms with van der Waals surface area (Å²) in [6.07, 6.45) is 2.28. The molecule has 0 saturated heterocycles. The molecule has 0 aliphatic heterocycles.